The van der Waals surface area contributed by atoms with Crippen molar-refractivity contribution in [2.75, 3.05) is 0 Å². The highest BCUT2D eigenvalue weighted by Gasteiger charge is 2.40. The second-order valence-electron chi connectivity index (χ2n) is 6.51. The number of pyridine rings is 1. The molecule has 0 radical (unpaired) electrons. The highest BCUT2D eigenvalue weighted by Crippen LogP contribution is 2.35. The van der Waals surface area contributed by atoms with Crippen LogP contribution in [0.1, 0.15) is 11.1 Å². The minimum atomic E-state index is -1.08. The lowest BCUT2D eigenvalue weighted by atomic mass is 10.0. The number of carbonyl (C=O) groups excluding carboxylic acids is 1. The minimum absolute atomic E-state index is 0.189. The predicted octanol–water partition coefficient (Wildman–Crippen LogP) is 4.13. The molecule has 0 spiro atoms. The lowest BCUT2D eigenvalue weighted by Gasteiger charge is -2.23. The number of fused-ring (bicyclic) bond motifs is 1. The summed E-state index contributed by atoms with van der Waals surface area (Å²) < 4.78 is 0.253. The molecule has 4 rings (SSSR count). The standard InChI is InChI=1S/C22H16N2O3S2/c25-20-19(13-15-10-11-23-17-9-5-4-8-16(15)17)29-22(28)24(20)18(21(26)27)12-14-6-2-1-3-7-14/h1-11,13,18H,12H2,(H,26,27)/b19-13-/t18-/m1/s1. The molecule has 5 nitrogen and oxygen atoms in total. The van der Waals surface area contributed by atoms with Gasteiger partial charge in [-0.05, 0) is 29.3 Å². The molecule has 2 aromatic carbocycles. The molecule has 1 N–H and O–H groups in total. The molecule has 144 valence electrons. The van der Waals surface area contributed by atoms with Crippen LogP contribution in [0.2, 0.25) is 0 Å². The zero-order valence-corrected chi connectivity index (χ0v) is 16.8. The Morgan fingerprint density at radius 2 is 1.86 bits per heavy atom. The Bertz CT molecular complexity index is 1140. The SMILES string of the molecule is O=C(O)[C@@H](Cc1ccccc1)N1C(=O)/C(=C/c2ccnc3ccccc23)SC1=S. The van der Waals surface area contributed by atoms with Gasteiger partial charge >= 0.3 is 5.97 Å². The number of carboxylic acid groups (broad SMARTS) is 1. The van der Waals surface area contributed by atoms with Crippen molar-refractivity contribution in [3.05, 3.63) is 82.9 Å². The third-order valence-corrected chi connectivity index (χ3v) is 5.99. The molecule has 2 heterocycles. The summed E-state index contributed by atoms with van der Waals surface area (Å²) in [4.78, 5) is 30.9. The summed E-state index contributed by atoms with van der Waals surface area (Å²) in [6, 6.07) is 17.6. The number of para-hydroxylation sites is 1. The Labute approximate surface area is 177 Å². The van der Waals surface area contributed by atoms with Gasteiger partial charge in [0.1, 0.15) is 10.4 Å². The van der Waals surface area contributed by atoms with Gasteiger partial charge in [0, 0.05) is 18.0 Å². The maximum Gasteiger partial charge on any atom is 0.327 e. The number of aromatic nitrogens is 1. The number of carboxylic acids is 1. The summed E-state index contributed by atoms with van der Waals surface area (Å²) >= 11 is 6.50. The number of rotatable bonds is 5. The Balaban J connectivity index is 1.67. The Morgan fingerprint density at radius 1 is 1.14 bits per heavy atom. The number of thiocarbonyl (C=S) groups is 1. The Hall–Kier alpha value is -3.03. The molecular weight excluding hydrogens is 404 g/mol. The van der Waals surface area contributed by atoms with E-state index in [1.54, 1.807) is 12.3 Å². The summed E-state index contributed by atoms with van der Waals surface area (Å²) in [5.74, 6) is -1.47. The summed E-state index contributed by atoms with van der Waals surface area (Å²) in [6.45, 7) is 0. The predicted molar refractivity (Wildman–Crippen MR) is 118 cm³/mol. The van der Waals surface area contributed by atoms with Crippen LogP contribution < -0.4 is 0 Å². The van der Waals surface area contributed by atoms with E-state index in [1.807, 2.05) is 60.7 Å². The third-order valence-electron chi connectivity index (χ3n) is 4.66. The van der Waals surface area contributed by atoms with E-state index in [2.05, 4.69) is 4.98 Å². The van der Waals surface area contributed by atoms with Gasteiger partial charge in [-0.15, -0.1) is 0 Å². The topological polar surface area (TPSA) is 70.5 Å². The first-order valence-electron chi connectivity index (χ1n) is 8.92. The largest absolute Gasteiger partial charge is 0.480 e. The Morgan fingerprint density at radius 3 is 2.62 bits per heavy atom. The van der Waals surface area contributed by atoms with Gasteiger partial charge in [0.2, 0.25) is 0 Å². The van der Waals surface area contributed by atoms with E-state index in [0.29, 0.717) is 4.91 Å². The van der Waals surface area contributed by atoms with Gasteiger partial charge in [-0.1, -0.05) is 72.5 Å². The molecule has 1 amide bonds. The van der Waals surface area contributed by atoms with Gasteiger partial charge in [-0.2, -0.15) is 0 Å². The highest BCUT2D eigenvalue weighted by molar-refractivity contribution is 8.26. The fourth-order valence-electron chi connectivity index (χ4n) is 3.26. The van der Waals surface area contributed by atoms with Crippen molar-refractivity contribution in [3.8, 4) is 0 Å². The number of benzene rings is 2. The smallest absolute Gasteiger partial charge is 0.327 e. The van der Waals surface area contributed by atoms with Crippen molar-refractivity contribution in [1.82, 2.24) is 9.88 Å². The molecule has 1 aliphatic heterocycles. The maximum absolute atomic E-state index is 13.1. The molecule has 1 fully saturated rings. The number of thioether (sulfide) groups is 1. The molecule has 1 saturated heterocycles. The Kier molecular flexibility index (Phi) is 5.42. The molecule has 1 atom stereocenters. The fraction of sp³-hybridized carbons (Fsp3) is 0.0909. The molecule has 29 heavy (non-hydrogen) atoms. The van der Waals surface area contributed by atoms with E-state index >= 15 is 0 Å². The lowest BCUT2D eigenvalue weighted by Crippen LogP contribution is -2.45. The van der Waals surface area contributed by atoms with Crippen LogP contribution in [0.4, 0.5) is 0 Å². The summed E-state index contributed by atoms with van der Waals surface area (Å²) in [5, 5.41) is 10.7. The van der Waals surface area contributed by atoms with Crippen molar-refractivity contribution in [1.29, 1.82) is 0 Å². The number of hydrogen-bond donors (Lipinski definition) is 1. The zero-order chi connectivity index (χ0) is 20.4. The molecule has 0 bridgehead atoms. The van der Waals surface area contributed by atoms with Crippen molar-refractivity contribution < 1.29 is 14.7 Å². The average Bonchev–Trinajstić information content (AvgIpc) is 3.00. The van der Waals surface area contributed by atoms with Crippen molar-refractivity contribution >= 4 is 57.2 Å². The number of nitrogens with zero attached hydrogens (tertiary/aromatic N) is 2. The number of aliphatic carboxylic acids is 1. The monoisotopic (exact) mass is 420 g/mol. The minimum Gasteiger partial charge on any atom is -0.480 e. The lowest BCUT2D eigenvalue weighted by molar-refractivity contribution is -0.145. The first-order chi connectivity index (χ1) is 14.0. The van der Waals surface area contributed by atoms with E-state index < -0.39 is 12.0 Å². The number of carbonyl (C=O) groups is 2. The zero-order valence-electron chi connectivity index (χ0n) is 15.2. The van der Waals surface area contributed by atoms with Crippen LogP contribution in [-0.4, -0.2) is 37.2 Å². The molecular formula is C22H16N2O3S2. The number of amides is 1. The van der Waals surface area contributed by atoms with E-state index in [4.69, 9.17) is 12.2 Å². The van der Waals surface area contributed by atoms with Crippen molar-refractivity contribution in [2.24, 2.45) is 0 Å². The molecule has 1 aliphatic rings. The fourth-order valence-corrected chi connectivity index (χ4v) is 4.61. The van der Waals surface area contributed by atoms with Crippen LogP contribution in [0.15, 0.2) is 71.8 Å². The molecule has 1 aromatic heterocycles. The van der Waals surface area contributed by atoms with E-state index in [-0.39, 0.29) is 16.6 Å². The molecule has 3 aromatic rings. The van der Waals surface area contributed by atoms with Crippen LogP contribution >= 0.6 is 24.0 Å². The second-order valence-corrected chi connectivity index (χ2v) is 8.19. The summed E-state index contributed by atoms with van der Waals surface area (Å²) in [5.41, 5.74) is 2.49. The quantitative estimate of drug-likeness (QED) is 0.494. The van der Waals surface area contributed by atoms with E-state index in [1.165, 1.54) is 4.90 Å². The molecule has 7 heteroatoms. The number of hydrogen-bond acceptors (Lipinski definition) is 5. The second kappa shape index (κ2) is 8.14. The van der Waals surface area contributed by atoms with Crippen LogP contribution in [0.5, 0.6) is 0 Å². The first-order valence-corrected chi connectivity index (χ1v) is 10.1. The van der Waals surface area contributed by atoms with Crippen LogP contribution in [0.3, 0.4) is 0 Å². The molecule has 0 unspecified atom stereocenters. The van der Waals surface area contributed by atoms with Crippen LogP contribution in [0.25, 0.3) is 17.0 Å². The molecule has 0 aliphatic carbocycles. The van der Waals surface area contributed by atoms with Gasteiger partial charge in [-0.3, -0.25) is 14.7 Å². The first kappa shape index (κ1) is 19.3. The summed E-state index contributed by atoms with van der Waals surface area (Å²) in [6.07, 6.45) is 3.63. The summed E-state index contributed by atoms with van der Waals surface area (Å²) in [7, 11) is 0. The molecule has 0 saturated carbocycles. The van der Waals surface area contributed by atoms with Gasteiger partial charge in [0.15, 0.2) is 0 Å². The van der Waals surface area contributed by atoms with Gasteiger partial charge in [0.05, 0.1) is 10.4 Å². The van der Waals surface area contributed by atoms with Crippen LogP contribution in [0, 0.1) is 0 Å². The van der Waals surface area contributed by atoms with Crippen molar-refractivity contribution in [3.63, 3.8) is 0 Å². The van der Waals surface area contributed by atoms with E-state index in [0.717, 1.165) is 33.8 Å². The third kappa shape index (κ3) is 3.92. The van der Waals surface area contributed by atoms with Crippen molar-refractivity contribution in [2.45, 2.75) is 12.5 Å². The highest BCUT2D eigenvalue weighted by atomic mass is 32.2. The average molecular weight is 421 g/mol. The van der Waals surface area contributed by atoms with Crippen LogP contribution in [-0.2, 0) is 16.0 Å². The van der Waals surface area contributed by atoms with Gasteiger partial charge in [0.25, 0.3) is 5.91 Å². The van der Waals surface area contributed by atoms with Gasteiger partial charge < -0.3 is 5.11 Å². The normalized spacial score (nSPS) is 16.6. The van der Waals surface area contributed by atoms with Gasteiger partial charge in [-0.25, -0.2) is 4.79 Å². The van der Waals surface area contributed by atoms with E-state index in [9.17, 15) is 14.7 Å². The maximum atomic E-state index is 13.1.